The monoisotopic (exact) mass is 385 g/mol. The molecule has 2 unspecified atom stereocenters. The number of allylic oxidation sites excluding steroid dienone is 1. The van der Waals surface area contributed by atoms with Crippen LogP contribution in [0.5, 0.6) is 0 Å². The number of para-hydroxylation sites is 1. The number of nitrogens with zero attached hydrogens (tertiary/aromatic N) is 1. The van der Waals surface area contributed by atoms with Gasteiger partial charge in [0.25, 0.3) is 0 Å². The minimum absolute atomic E-state index is 0.258. The van der Waals surface area contributed by atoms with Crippen LogP contribution in [0.15, 0.2) is 35.9 Å². The summed E-state index contributed by atoms with van der Waals surface area (Å²) in [6.07, 6.45) is 2.59. The molecule has 0 aromatic heterocycles. The van der Waals surface area contributed by atoms with Gasteiger partial charge in [0, 0.05) is 18.0 Å². The van der Waals surface area contributed by atoms with E-state index >= 15 is 0 Å². The summed E-state index contributed by atoms with van der Waals surface area (Å²) in [7, 11) is 3.59. The molecule has 6 nitrogen and oxygen atoms in total. The fourth-order valence-corrected chi connectivity index (χ4v) is 7.70. The van der Waals surface area contributed by atoms with Crippen LogP contribution in [0.4, 0.5) is 5.69 Å². The first kappa shape index (κ1) is 18.2. The van der Waals surface area contributed by atoms with Gasteiger partial charge in [-0.15, -0.1) is 0 Å². The minimum Gasteiger partial charge on any atom is -0.468 e. The second-order valence-corrected chi connectivity index (χ2v) is 9.16. The summed E-state index contributed by atoms with van der Waals surface area (Å²) in [5.74, 6) is -0.629. The van der Waals surface area contributed by atoms with Gasteiger partial charge in [0.2, 0.25) is 5.66 Å². The Hall–Kier alpha value is -1.89. The average molecular weight is 385 g/mol. The second-order valence-electron chi connectivity index (χ2n) is 9.16. The molecule has 1 saturated carbocycles. The van der Waals surface area contributed by atoms with Crippen molar-refractivity contribution in [1.29, 1.82) is 0 Å². The molecule has 5 aliphatic rings. The highest BCUT2D eigenvalue weighted by Gasteiger charge is 2.88. The number of carbonyl (C=O) groups excluding carboxylic acids is 1. The Balaban J connectivity index is 1.96. The smallest absolute Gasteiger partial charge is 0.316 e. The first-order chi connectivity index (χ1) is 13.4. The Bertz CT molecular complexity index is 900. The van der Waals surface area contributed by atoms with Gasteiger partial charge in [-0.25, -0.2) is 0 Å². The fourth-order valence-electron chi connectivity index (χ4n) is 7.70. The number of likely N-dealkylation sites (N-methyl/N-ethyl adjacent to an activating group) is 1. The highest BCUT2D eigenvalue weighted by molar-refractivity contribution is 5.85. The molecule has 0 amide bonds. The highest BCUT2D eigenvalue weighted by Crippen LogP contribution is 2.74. The summed E-state index contributed by atoms with van der Waals surface area (Å²) in [5, 5.41) is 26.2. The summed E-state index contributed by atoms with van der Waals surface area (Å²) in [6, 6.07) is 8.04. The number of hydrogen-bond donors (Lipinski definition) is 3. The van der Waals surface area contributed by atoms with Crippen LogP contribution in [0.2, 0.25) is 0 Å². The van der Waals surface area contributed by atoms with E-state index in [4.69, 9.17) is 4.74 Å². The molecule has 3 saturated heterocycles. The average Bonchev–Trinajstić information content (AvgIpc) is 3.12. The van der Waals surface area contributed by atoms with Crippen molar-refractivity contribution in [2.45, 2.75) is 36.9 Å². The van der Waals surface area contributed by atoms with Crippen molar-refractivity contribution in [3.63, 3.8) is 0 Å². The molecule has 4 bridgehead atoms. The van der Waals surface area contributed by atoms with Gasteiger partial charge in [0.1, 0.15) is 18.1 Å². The van der Waals surface area contributed by atoms with Crippen LogP contribution in [-0.4, -0.2) is 66.3 Å². The van der Waals surface area contributed by atoms with Gasteiger partial charge in [-0.3, -0.25) is 9.28 Å². The van der Waals surface area contributed by atoms with E-state index in [1.807, 2.05) is 25.1 Å². The van der Waals surface area contributed by atoms with Crippen molar-refractivity contribution in [3.8, 4) is 0 Å². The number of hydrogen-bond acceptors (Lipinski definition) is 5. The van der Waals surface area contributed by atoms with Crippen molar-refractivity contribution in [3.05, 3.63) is 41.5 Å². The van der Waals surface area contributed by atoms with Crippen molar-refractivity contribution in [1.82, 2.24) is 0 Å². The maximum absolute atomic E-state index is 13.5. The number of benzene rings is 1. The Labute approximate surface area is 165 Å². The molecule has 1 aliphatic carbocycles. The SMILES string of the molecule is C/C=C1/C[N+]2(C)CC[C@@]34c5ccccc5N[C@]32C(O)C[C@H]1[C@@]4(CO)C(=O)OC. The van der Waals surface area contributed by atoms with Crippen molar-refractivity contribution < 1.29 is 24.2 Å². The van der Waals surface area contributed by atoms with Gasteiger partial charge < -0.3 is 20.3 Å². The number of carbonyl (C=O) groups is 1. The van der Waals surface area contributed by atoms with Gasteiger partial charge in [0.05, 0.1) is 32.7 Å². The molecule has 1 spiro atoms. The Morgan fingerprint density at radius 1 is 1.43 bits per heavy atom. The molecule has 3 N–H and O–H groups in total. The molecule has 6 atom stereocenters. The second kappa shape index (κ2) is 5.38. The Kier molecular flexibility index (Phi) is 3.49. The van der Waals surface area contributed by atoms with E-state index < -0.39 is 22.6 Å². The lowest BCUT2D eigenvalue weighted by atomic mass is 9.45. The van der Waals surface area contributed by atoms with Crippen LogP contribution in [0.25, 0.3) is 0 Å². The zero-order valence-corrected chi connectivity index (χ0v) is 16.7. The molecule has 0 radical (unpaired) electrons. The van der Waals surface area contributed by atoms with Gasteiger partial charge in [-0.05, 0) is 30.5 Å². The van der Waals surface area contributed by atoms with E-state index in [1.165, 1.54) is 7.11 Å². The highest BCUT2D eigenvalue weighted by atomic mass is 16.5. The zero-order chi connectivity index (χ0) is 19.9. The molecule has 4 heterocycles. The lowest BCUT2D eigenvalue weighted by Crippen LogP contribution is -2.78. The van der Waals surface area contributed by atoms with E-state index in [9.17, 15) is 15.0 Å². The number of methoxy groups -OCH3 is 1. The largest absolute Gasteiger partial charge is 0.468 e. The lowest BCUT2D eigenvalue weighted by molar-refractivity contribution is -0.944. The van der Waals surface area contributed by atoms with Crippen LogP contribution in [0.1, 0.15) is 25.3 Å². The van der Waals surface area contributed by atoms with Gasteiger partial charge in [-0.2, -0.15) is 0 Å². The van der Waals surface area contributed by atoms with Crippen molar-refractivity contribution >= 4 is 11.7 Å². The third-order valence-corrected chi connectivity index (χ3v) is 8.64. The minimum atomic E-state index is -1.13. The molecule has 4 fully saturated rings. The first-order valence-corrected chi connectivity index (χ1v) is 10.1. The number of aliphatic hydroxyl groups is 2. The van der Waals surface area contributed by atoms with Crippen LogP contribution < -0.4 is 5.32 Å². The Morgan fingerprint density at radius 2 is 2.18 bits per heavy atom. The van der Waals surface area contributed by atoms with Gasteiger partial charge in [-0.1, -0.05) is 24.3 Å². The van der Waals surface area contributed by atoms with E-state index in [-0.39, 0.29) is 18.5 Å². The number of quaternary nitrogens is 1. The number of ether oxygens (including phenoxy) is 1. The predicted octanol–water partition coefficient (Wildman–Crippen LogP) is 1.39. The molecular formula is C22H29N2O4+. The number of rotatable bonds is 2. The summed E-state index contributed by atoms with van der Waals surface area (Å²) in [4.78, 5) is 13.5. The van der Waals surface area contributed by atoms with Crippen LogP contribution in [0, 0.1) is 11.3 Å². The van der Waals surface area contributed by atoms with E-state index in [0.29, 0.717) is 17.3 Å². The molecule has 4 aliphatic heterocycles. The summed E-state index contributed by atoms with van der Waals surface area (Å²) in [5.41, 5.74) is 0.476. The number of nitrogens with one attached hydrogen (secondary N) is 1. The summed E-state index contributed by atoms with van der Waals surface area (Å²) >= 11 is 0. The molecule has 6 rings (SSSR count). The standard InChI is InChI=1S/C22H29N2O4/c1-4-14-12-24(2)10-9-21-15-7-5-6-8-17(15)23-22(21,24)18(26)11-16(14)20(21,13-25)19(27)28-3/h4-8,16,18,23,25-26H,9-13H2,1-3H3/q+1/b14-4-/t16-,18?,20+,21+,22+,24?/m1/s1. The zero-order valence-electron chi connectivity index (χ0n) is 16.7. The van der Waals surface area contributed by atoms with E-state index in [2.05, 4.69) is 24.5 Å². The van der Waals surface area contributed by atoms with Gasteiger partial charge in [0.15, 0.2) is 0 Å². The molecule has 28 heavy (non-hydrogen) atoms. The number of anilines is 1. The van der Waals surface area contributed by atoms with Crippen LogP contribution >= 0.6 is 0 Å². The quantitative estimate of drug-likeness (QED) is 0.407. The summed E-state index contributed by atoms with van der Waals surface area (Å²) < 4.78 is 5.98. The third kappa shape index (κ3) is 1.52. The maximum Gasteiger partial charge on any atom is 0.316 e. The van der Waals surface area contributed by atoms with Crippen molar-refractivity contribution in [2.24, 2.45) is 11.3 Å². The summed E-state index contributed by atoms with van der Waals surface area (Å²) in [6.45, 7) is 3.26. The molecule has 1 aromatic carbocycles. The number of esters is 1. The lowest BCUT2D eigenvalue weighted by Gasteiger charge is -2.58. The number of aliphatic hydroxyl groups excluding tert-OH is 2. The van der Waals surface area contributed by atoms with E-state index in [0.717, 1.165) is 29.9 Å². The van der Waals surface area contributed by atoms with Crippen LogP contribution in [-0.2, 0) is 14.9 Å². The predicted molar refractivity (Wildman–Crippen MR) is 104 cm³/mol. The van der Waals surface area contributed by atoms with Crippen molar-refractivity contribution in [2.75, 3.05) is 39.2 Å². The fraction of sp³-hybridized carbons (Fsp3) is 0.591. The molecule has 1 aromatic rings. The topological polar surface area (TPSA) is 78.8 Å². The molecule has 6 heteroatoms. The molecule has 150 valence electrons. The van der Waals surface area contributed by atoms with E-state index in [1.54, 1.807) is 0 Å². The van der Waals surface area contributed by atoms with Gasteiger partial charge >= 0.3 is 5.97 Å². The van der Waals surface area contributed by atoms with Crippen LogP contribution in [0.3, 0.4) is 0 Å². The molecular weight excluding hydrogens is 356 g/mol. The first-order valence-electron chi connectivity index (χ1n) is 10.1. The number of fused-ring (bicyclic) bond motifs is 3. The Morgan fingerprint density at radius 3 is 2.86 bits per heavy atom. The maximum atomic E-state index is 13.5. The third-order valence-electron chi connectivity index (χ3n) is 8.64. The normalized spacial score (nSPS) is 46.7.